The number of hydrogen-bond donors (Lipinski definition) is 0. The van der Waals surface area contributed by atoms with Crippen LogP contribution < -0.4 is 0 Å². The lowest BCUT2D eigenvalue weighted by Crippen LogP contribution is -2.52. The van der Waals surface area contributed by atoms with Gasteiger partial charge in [0.2, 0.25) is 0 Å². The van der Waals surface area contributed by atoms with Crippen LogP contribution in [0.2, 0.25) is 0 Å². The minimum atomic E-state index is 0.898. The second kappa shape index (κ2) is 1.71. The fourth-order valence-corrected chi connectivity index (χ4v) is 16.8. The fraction of sp³-hybridized carbons (Fsp3) is 1.00. The van der Waals surface area contributed by atoms with Crippen molar-refractivity contribution in [2.75, 3.05) is 0 Å². The molecule has 0 aliphatic heterocycles. The average molecular weight is 274 g/mol. The monoisotopic (exact) mass is 274 g/mol. The molecule has 4 bridgehead atoms. The Kier molecular flexibility index (Phi) is 0.711. The highest BCUT2D eigenvalue weighted by molar-refractivity contribution is 5.56. The first-order valence-electron chi connectivity index (χ1n) is 10.3. The highest BCUT2D eigenvalue weighted by Gasteiger charge is 3.10. The zero-order valence-electron chi connectivity index (χ0n) is 12.6. The molecule has 0 nitrogen and oxygen atoms in total. The van der Waals surface area contributed by atoms with Crippen molar-refractivity contribution >= 4 is 0 Å². The van der Waals surface area contributed by atoms with Crippen LogP contribution >= 0.6 is 0 Å². The van der Waals surface area contributed by atoms with Crippen LogP contribution in [0.3, 0.4) is 0 Å². The lowest BCUT2D eigenvalue weighted by atomic mass is 9.49. The van der Waals surface area contributed by atoms with Gasteiger partial charge in [-0.25, -0.2) is 0 Å². The Labute approximate surface area is 125 Å². The Morgan fingerprint density at radius 1 is 0.571 bits per heavy atom. The van der Waals surface area contributed by atoms with E-state index in [0.717, 1.165) is 16.2 Å². The summed E-state index contributed by atoms with van der Waals surface area (Å²) in [4.78, 5) is 0. The summed E-state index contributed by atoms with van der Waals surface area (Å²) in [5.41, 5.74) is 2.87. The molecule has 0 aromatic carbocycles. The van der Waals surface area contributed by atoms with E-state index in [4.69, 9.17) is 0 Å². The Balaban J connectivity index is 1.58. The van der Waals surface area contributed by atoms with Crippen LogP contribution in [0, 0.1) is 105 Å². The van der Waals surface area contributed by atoms with Gasteiger partial charge in [-0.1, -0.05) is 6.92 Å². The van der Waals surface area contributed by atoms with Crippen molar-refractivity contribution < 1.29 is 0 Å². The van der Waals surface area contributed by atoms with Crippen LogP contribution in [-0.4, -0.2) is 0 Å². The molecule has 12 rings (SSSR count). The molecule has 12 saturated carbocycles. The maximum absolute atomic E-state index is 2.94. The van der Waals surface area contributed by atoms with Crippen molar-refractivity contribution in [3.05, 3.63) is 0 Å². The highest BCUT2D eigenvalue weighted by atomic mass is 15.1. The van der Waals surface area contributed by atoms with Crippen molar-refractivity contribution in [3.63, 3.8) is 0 Å². The van der Waals surface area contributed by atoms with Crippen LogP contribution in [0.25, 0.3) is 0 Å². The second-order valence-electron chi connectivity index (χ2n) is 12.2. The summed E-state index contributed by atoms with van der Waals surface area (Å²) in [5.74, 6) is 19.4. The van der Waals surface area contributed by atoms with Gasteiger partial charge < -0.3 is 0 Å². The van der Waals surface area contributed by atoms with E-state index >= 15 is 0 Å². The first-order chi connectivity index (χ1) is 10.3. The maximum atomic E-state index is 2.94. The Hall–Kier alpha value is 0. The summed E-state index contributed by atoms with van der Waals surface area (Å²) >= 11 is 0. The molecule has 0 saturated heterocycles. The Morgan fingerprint density at radius 2 is 1.10 bits per heavy atom. The molecule has 0 heteroatoms. The summed E-state index contributed by atoms with van der Waals surface area (Å²) in [6, 6.07) is 0. The van der Waals surface area contributed by atoms with Crippen molar-refractivity contribution in [3.8, 4) is 0 Å². The predicted molar refractivity (Wildman–Crippen MR) is 74.6 cm³/mol. The van der Waals surface area contributed by atoms with Gasteiger partial charge in [0.05, 0.1) is 0 Å². The summed E-state index contributed by atoms with van der Waals surface area (Å²) in [6.45, 7) is 2.94. The molecular weight excluding hydrogens is 252 g/mol. The van der Waals surface area contributed by atoms with E-state index in [1.807, 2.05) is 0 Å². The lowest BCUT2D eigenvalue weighted by molar-refractivity contribution is -0.0913. The van der Waals surface area contributed by atoms with Gasteiger partial charge in [-0.05, 0) is 118 Å². The van der Waals surface area contributed by atoms with E-state index in [1.54, 1.807) is 12.8 Å². The van der Waals surface area contributed by atoms with Gasteiger partial charge in [-0.3, -0.25) is 0 Å². The van der Waals surface area contributed by atoms with E-state index in [2.05, 4.69) is 6.92 Å². The standard InChI is InChI=1S/C21H22/c1-19-16-10-6-2-4-8(10)12-14(16)15-13-9-5-3-7(11(9)17(15)19)21(6,19)20(4,5)18(12)13/h4-18H,2-3H2,1H3. The quantitative estimate of drug-likeness (QED) is 0.636. The van der Waals surface area contributed by atoms with Crippen molar-refractivity contribution in [1.29, 1.82) is 0 Å². The number of hydrogen-bond acceptors (Lipinski definition) is 0. The molecule has 0 N–H and O–H groups in total. The minimum Gasteiger partial charge on any atom is -0.0585 e. The Morgan fingerprint density at radius 3 is 1.67 bits per heavy atom. The predicted octanol–water partition coefficient (Wildman–Crippen LogP) is 3.14. The molecule has 2 spiro atoms. The average Bonchev–Trinajstić information content (AvgIpc) is 3.11. The first kappa shape index (κ1) is 8.74. The van der Waals surface area contributed by atoms with Crippen molar-refractivity contribution in [2.24, 2.45) is 105 Å². The summed E-state index contributed by atoms with van der Waals surface area (Å²) in [7, 11) is 0. The van der Waals surface area contributed by atoms with Gasteiger partial charge in [-0.15, -0.1) is 0 Å². The molecule has 21 heavy (non-hydrogen) atoms. The molecular formula is C21H22. The molecule has 0 aromatic rings. The molecule has 14 atom stereocenters. The zero-order chi connectivity index (χ0) is 12.6. The van der Waals surface area contributed by atoms with Gasteiger partial charge in [0.1, 0.15) is 0 Å². The molecule has 12 aliphatic rings. The van der Waals surface area contributed by atoms with Crippen molar-refractivity contribution in [2.45, 2.75) is 19.8 Å². The molecule has 0 aromatic heterocycles. The molecule has 0 amide bonds. The van der Waals surface area contributed by atoms with Crippen LogP contribution in [0.15, 0.2) is 0 Å². The summed E-state index contributed by atoms with van der Waals surface area (Å²) in [6.07, 6.45) is 3.52. The van der Waals surface area contributed by atoms with Gasteiger partial charge in [0, 0.05) is 0 Å². The normalized spacial score (nSPS) is 107. The van der Waals surface area contributed by atoms with E-state index < -0.39 is 0 Å². The summed E-state index contributed by atoms with van der Waals surface area (Å²) < 4.78 is 0. The Bertz CT molecular complexity index is 721. The minimum absolute atomic E-state index is 0.898. The van der Waals surface area contributed by atoms with E-state index in [1.165, 1.54) is 88.8 Å². The third-order valence-corrected chi connectivity index (χ3v) is 14.4. The van der Waals surface area contributed by atoms with E-state index in [0.29, 0.717) is 0 Å². The van der Waals surface area contributed by atoms with E-state index in [9.17, 15) is 0 Å². The molecule has 12 aliphatic carbocycles. The largest absolute Gasteiger partial charge is 0.0585 e. The first-order valence-corrected chi connectivity index (χ1v) is 10.3. The third-order valence-electron chi connectivity index (χ3n) is 14.4. The molecule has 14 unspecified atom stereocenters. The van der Waals surface area contributed by atoms with Crippen LogP contribution in [0.4, 0.5) is 0 Å². The zero-order valence-corrected chi connectivity index (χ0v) is 12.6. The van der Waals surface area contributed by atoms with Crippen LogP contribution in [0.1, 0.15) is 19.8 Å². The smallest absolute Gasteiger partial charge is 0.0111 e. The summed E-state index contributed by atoms with van der Waals surface area (Å²) in [5, 5.41) is 0. The fourth-order valence-electron chi connectivity index (χ4n) is 16.8. The van der Waals surface area contributed by atoms with Crippen LogP contribution in [0.5, 0.6) is 0 Å². The lowest BCUT2D eigenvalue weighted by Gasteiger charge is -2.55. The topological polar surface area (TPSA) is 0 Å². The van der Waals surface area contributed by atoms with Gasteiger partial charge in [0.25, 0.3) is 0 Å². The molecule has 0 heterocycles. The number of rotatable bonds is 0. The van der Waals surface area contributed by atoms with Crippen molar-refractivity contribution in [1.82, 2.24) is 0 Å². The molecule has 12 fully saturated rings. The third kappa shape index (κ3) is 0.350. The van der Waals surface area contributed by atoms with Gasteiger partial charge in [0.15, 0.2) is 0 Å². The SMILES string of the molecule is CC12C3C4C5C6C7C(C51)C1CC7C57C8CC(C3C8C4C65)C127. The highest BCUT2D eigenvalue weighted by Crippen LogP contribution is 3.13. The van der Waals surface area contributed by atoms with Gasteiger partial charge in [-0.2, -0.15) is 0 Å². The molecule has 0 radical (unpaired) electrons. The second-order valence-corrected chi connectivity index (χ2v) is 12.2. The maximum Gasteiger partial charge on any atom is -0.0111 e. The van der Waals surface area contributed by atoms with Crippen LogP contribution in [-0.2, 0) is 0 Å². The van der Waals surface area contributed by atoms with Gasteiger partial charge >= 0.3 is 0 Å². The molecule has 106 valence electrons. The van der Waals surface area contributed by atoms with E-state index in [-0.39, 0.29) is 0 Å².